The highest BCUT2D eigenvalue weighted by Gasteiger charge is 2.12. The fourth-order valence-corrected chi connectivity index (χ4v) is 2.98. The van der Waals surface area contributed by atoms with Crippen molar-refractivity contribution in [1.82, 2.24) is 10.3 Å². The van der Waals surface area contributed by atoms with Crippen LogP contribution in [0.15, 0.2) is 65.2 Å². The van der Waals surface area contributed by atoms with E-state index in [1.54, 1.807) is 30.3 Å². The van der Waals surface area contributed by atoms with Crippen molar-refractivity contribution in [2.24, 2.45) is 0 Å². The van der Waals surface area contributed by atoms with E-state index < -0.39 is 0 Å². The Morgan fingerprint density at radius 2 is 1.78 bits per heavy atom. The van der Waals surface area contributed by atoms with Gasteiger partial charge in [-0.3, -0.25) is 4.79 Å². The van der Waals surface area contributed by atoms with Gasteiger partial charge in [0.15, 0.2) is 5.76 Å². The van der Waals surface area contributed by atoms with Gasteiger partial charge >= 0.3 is 0 Å². The number of carbonyl (C=O) groups excluding carboxylic acids is 1. The highest BCUT2D eigenvalue weighted by molar-refractivity contribution is 5.92. The van der Waals surface area contributed by atoms with Crippen LogP contribution in [0.2, 0.25) is 0 Å². The van der Waals surface area contributed by atoms with Gasteiger partial charge in [0.05, 0.1) is 0 Å². The number of aromatic nitrogens is 1. The predicted octanol–water partition coefficient (Wildman–Crippen LogP) is 4.68. The van der Waals surface area contributed by atoms with Gasteiger partial charge in [-0.05, 0) is 66.6 Å². The maximum atomic E-state index is 13.4. The van der Waals surface area contributed by atoms with Gasteiger partial charge in [-0.25, -0.2) is 8.78 Å². The van der Waals surface area contributed by atoms with Gasteiger partial charge in [0.1, 0.15) is 17.4 Å². The third kappa shape index (κ3) is 3.60. The molecule has 2 heterocycles. The fourth-order valence-electron chi connectivity index (χ4n) is 2.98. The van der Waals surface area contributed by atoms with Gasteiger partial charge in [0.2, 0.25) is 0 Å². The number of furan rings is 1. The third-order valence-electron chi connectivity index (χ3n) is 4.37. The van der Waals surface area contributed by atoms with Gasteiger partial charge in [0, 0.05) is 29.2 Å². The molecule has 4 aromatic rings. The van der Waals surface area contributed by atoms with E-state index in [9.17, 15) is 13.6 Å². The Labute approximate surface area is 153 Å². The number of aromatic amines is 1. The number of nitrogens with one attached hydrogen (secondary N) is 2. The molecule has 27 heavy (non-hydrogen) atoms. The molecule has 1 amide bonds. The summed E-state index contributed by atoms with van der Waals surface area (Å²) in [6.45, 7) is 0.384. The summed E-state index contributed by atoms with van der Waals surface area (Å²) in [5, 5.41) is 3.60. The second kappa shape index (κ2) is 7.07. The average Bonchev–Trinajstić information content (AvgIpc) is 3.30. The van der Waals surface area contributed by atoms with E-state index in [1.165, 1.54) is 24.3 Å². The molecule has 0 spiro atoms. The van der Waals surface area contributed by atoms with Crippen molar-refractivity contribution >= 4 is 16.8 Å². The van der Waals surface area contributed by atoms with E-state index in [2.05, 4.69) is 10.3 Å². The standard InChI is InChI=1S/C21H16F2N2O2/c22-15-3-1-13(2-4-15)19-7-8-20(27-19)21(26)24-10-9-14-12-25-18-6-5-16(23)11-17(14)18/h1-8,11-12,25H,9-10H2,(H,24,26). The predicted molar refractivity (Wildman–Crippen MR) is 98.4 cm³/mol. The number of H-pyrrole nitrogens is 1. The Kier molecular flexibility index (Phi) is 4.46. The number of rotatable bonds is 5. The van der Waals surface area contributed by atoms with Gasteiger partial charge in [-0.2, -0.15) is 0 Å². The molecule has 2 aromatic carbocycles. The lowest BCUT2D eigenvalue weighted by atomic mass is 10.1. The minimum atomic E-state index is -0.339. The van der Waals surface area contributed by atoms with E-state index in [-0.39, 0.29) is 23.3 Å². The zero-order chi connectivity index (χ0) is 18.8. The summed E-state index contributed by atoms with van der Waals surface area (Å²) in [6.07, 6.45) is 2.37. The second-order valence-corrected chi connectivity index (χ2v) is 6.18. The number of hydrogen-bond donors (Lipinski definition) is 2. The Bertz CT molecular complexity index is 1100. The molecule has 0 saturated heterocycles. The van der Waals surface area contributed by atoms with Crippen LogP contribution < -0.4 is 5.32 Å². The van der Waals surface area contributed by atoms with Gasteiger partial charge < -0.3 is 14.7 Å². The number of benzene rings is 2. The lowest BCUT2D eigenvalue weighted by Gasteiger charge is -2.03. The molecular weight excluding hydrogens is 350 g/mol. The van der Waals surface area contributed by atoms with Crippen LogP contribution in [0.25, 0.3) is 22.2 Å². The minimum absolute atomic E-state index is 0.180. The van der Waals surface area contributed by atoms with Crippen LogP contribution >= 0.6 is 0 Å². The maximum Gasteiger partial charge on any atom is 0.287 e. The summed E-state index contributed by atoms with van der Waals surface area (Å²) >= 11 is 0. The topological polar surface area (TPSA) is 58.0 Å². The van der Waals surface area contributed by atoms with Crippen LogP contribution in [0.4, 0.5) is 8.78 Å². The van der Waals surface area contributed by atoms with E-state index in [1.807, 2.05) is 6.20 Å². The number of hydrogen-bond acceptors (Lipinski definition) is 2. The molecule has 4 nitrogen and oxygen atoms in total. The molecule has 2 N–H and O–H groups in total. The zero-order valence-electron chi connectivity index (χ0n) is 14.3. The van der Waals surface area contributed by atoms with Crippen molar-refractivity contribution < 1.29 is 18.0 Å². The Morgan fingerprint density at radius 1 is 1.00 bits per heavy atom. The summed E-state index contributed by atoms with van der Waals surface area (Å²) in [5.41, 5.74) is 2.47. The van der Waals surface area contributed by atoms with Crippen molar-refractivity contribution in [3.8, 4) is 11.3 Å². The molecule has 0 unspecified atom stereocenters. The number of halogens is 2. The molecule has 4 rings (SSSR count). The molecule has 2 aromatic heterocycles. The smallest absolute Gasteiger partial charge is 0.287 e. The molecule has 0 atom stereocenters. The first-order chi connectivity index (χ1) is 13.1. The highest BCUT2D eigenvalue weighted by Crippen LogP contribution is 2.23. The maximum absolute atomic E-state index is 13.4. The number of amides is 1. The van der Waals surface area contributed by atoms with E-state index in [4.69, 9.17) is 4.42 Å². The second-order valence-electron chi connectivity index (χ2n) is 6.18. The van der Waals surface area contributed by atoms with Gasteiger partial charge in [-0.1, -0.05) is 0 Å². The molecule has 0 aliphatic rings. The third-order valence-corrected chi connectivity index (χ3v) is 4.37. The van der Waals surface area contributed by atoms with Crippen molar-refractivity contribution in [2.45, 2.75) is 6.42 Å². The number of carbonyl (C=O) groups is 1. The van der Waals surface area contributed by atoms with Crippen molar-refractivity contribution in [3.05, 3.63) is 83.8 Å². The van der Waals surface area contributed by atoms with Crippen LogP contribution in [0.5, 0.6) is 0 Å². The van der Waals surface area contributed by atoms with Crippen molar-refractivity contribution in [1.29, 1.82) is 0 Å². The van der Waals surface area contributed by atoms with Gasteiger partial charge in [0.25, 0.3) is 5.91 Å². The van der Waals surface area contributed by atoms with Crippen molar-refractivity contribution in [3.63, 3.8) is 0 Å². The fraction of sp³-hybridized carbons (Fsp3) is 0.0952. The van der Waals surface area contributed by atoms with E-state index in [0.717, 1.165) is 16.5 Å². The first-order valence-corrected chi connectivity index (χ1v) is 8.49. The van der Waals surface area contributed by atoms with Crippen molar-refractivity contribution in [2.75, 3.05) is 6.54 Å². The molecule has 0 fully saturated rings. The molecular formula is C21H16F2N2O2. The Hall–Kier alpha value is -3.41. The zero-order valence-corrected chi connectivity index (χ0v) is 14.3. The van der Waals surface area contributed by atoms with Crippen LogP contribution in [-0.4, -0.2) is 17.4 Å². The summed E-state index contributed by atoms with van der Waals surface area (Å²) < 4.78 is 32.0. The van der Waals surface area contributed by atoms with E-state index in [0.29, 0.717) is 24.3 Å². The van der Waals surface area contributed by atoms with Crippen LogP contribution in [0, 0.1) is 11.6 Å². The van der Waals surface area contributed by atoms with E-state index >= 15 is 0 Å². The summed E-state index contributed by atoms with van der Waals surface area (Å²) in [4.78, 5) is 15.3. The highest BCUT2D eigenvalue weighted by atomic mass is 19.1. The number of fused-ring (bicyclic) bond motifs is 1. The van der Waals surface area contributed by atoms with Crippen LogP contribution in [-0.2, 0) is 6.42 Å². The molecule has 0 bridgehead atoms. The SMILES string of the molecule is O=C(NCCc1c[nH]c2ccc(F)cc12)c1ccc(-c2ccc(F)cc2)o1. The average molecular weight is 366 g/mol. The Morgan fingerprint density at radius 3 is 2.59 bits per heavy atom. The quantitative estimate of drug-likeness (QED) is 0.539. The van der Waals surface area contributed by atoms with Crippen LogP contribution in [0.3, 0.4) is 0 Å². The Balaban J connectivity index is 1.39. The molecule has 136 valence electrons. The lowest BCUT2D eigenvalue weighted by molar-refractivity contribution is 0.0927. The molecule has 0 aliphatic carbocycles. The molecule has 0 saturated carbocycles. The lowest BCUT2D eigenvalue weighted by Crippen LogP contribution is -2.25. The molecule has 0 radical (unpaired) electrons. The summed E-state index contributed by atoms with van der Waals surface area (Å²) in [6, 6.07) is 13.7. The van der Waals surface area contributed by atoms with Crippen LogP contribution in [0.1, 0.15) is 16.1 Å². The normalized spacial score (nSPS) is 11.0. The first kappa shape index (κ1) is 17.0. The largest absolute Gasteiger partial charge is 0.451 e. The summed E-state index contributed by atoms with van der Waals surface area (Å²) in [5.74, 6) is -0.294. The molecule has 6 heteroatoms. The first-order valence-electron chi connectivity index (χ1n) is 8.49. The monoisotopic (exact) mass is 366 g/mol. The van der Waals surface area contributed by atoms with Gasteiger partial charge in [-0.15, -0.1) is 0 Å². The minimum Gasteiger partial charge on any atom is -0.451 e. The molecule has 0 aliphatic heterocycles. The summed E-state index contributed by atoms with van der Waals surface area (Å²) in [7, 11) is 0.